The van der Waals surface area contributed by atoms with Crippen molar-refractivity contribution in [1.82, 2.24) is 14.5 Å². The number of rotatable bonds is 4. The summed E-state index contributed by atoms with van der Waals surface area (Å²) in [4.78, 5) is 34.4. The zero-order chi connectivity index (χ0) is 22.1. The Kier molecular flexibility index (Phi) is 5.82. The topological polar surface area (TPSA) is 97.1 Å². The number of hydrogen-bond acceptors (Lipinski definition) is 5. The number of carbonyl (C=O) groups excluding carboxylic acids is 1. The van der Waals surface area contributed by atoms with Crippen LogP contribution in [0.2, 0.25) is 15.1 Å². The van der Waals surface area contributed by atoms with Crippen molar-refractivity contribution in [3.05, 3.63) is 91.7 Å². The van der Waals surface area contributed by atoms with E-state index >= 15 is 0 Å². The molecule has 10 heteroatoms. The molecular formula is C21H13Cl3N4O3. The molecule has 2 aromatic carbocycles. The molecule has 0 saturated heterocycles. The van der Waals surface area contributed by atoms with Crippen molar-refractivity contribution < 1.29 is 9.90 Å². The normalized spacial score (nSPS) is 10.9. The minimum absolute atomic E-state index is 0.0631. The number of phenolic OH excluding ortho intramolecular Hbond substituents is 1. The Morgan fingerprint density at radius 2 is 1.77 bits per heavy atom. The van der Waals surface area contributed by atoms with Crippen molar-refractivity contribution in [3.63, 3.8) is 0 Å². The zero-order valence-corrected chi connectivity index (χ0v) is 17.9. The molecule has 4 rings (SSSR count). The second kappa shape index (κ2) is 8.55. The van der Waals surface area contributed by atoms with Gasteiger partial charge in [-0.25, -0.2) is 4.98 Å². The molecule has 0 fully saturated rings. The first-order valence-corrected chi connectivity index (χ1v) is 10.1. The van der Waals surface area contributed by atoms with Gasteiger partial charge in [0.1, 0.15) is 0 Å². The van der Waals surface area contributed by atoms with Crippen molar-refractivity contribution in [1.29, 1.82) is 0 Å². The molecule has 2 N–H and O–H groups in total. The molecule has 0 spiro atoms. The van der Waals surface area contributed by atoms with Gasteiger partial charge in [0.05, 0.1) is 50.2 Å². The molecule has 31 heavy (non-hydrogen) atoms. The van der Waals surface area contributed by atoms with Gasteiger partial charge in [-0.05, 0) is 36.4 Å². The van der Waals surface area contributed by atoms with Crippen molar-refractivity contribution in [2.24, 2.45) is 0 Å². The molecular weight excluding hydrogens is 463 g/mol. The number of amides is 1. The number of carbonyl (C=O) groups is 1. The number of aromatic hydroxyl groups is 1. The van der Waals surface area contributed by atoms with E-state index in [0.717, 1.165) is 0 Å². The Morgan fingerprint density at radius 1 is 1.03 bits per heavy atom. The smallest absolute Gasteiger partial charge is 0.263 e. The van der Waals surface area contributed by atoms with Crippen LogP contribution in [0.3, 0.4) is 0 Å². The molecule has 1 amide bonds. The number of fused-ring (bicyclic) bond motifs is 1. The maximum absolute atomic E-state index is 13.2. The highest BCUT2D eigenvalue weighted by atomic mass is 35.5. The predicted octanol–water partition coefficient (Wildman–Crippen LogP) is 4.76. The summed E-state index contributed by atoms with van der Waals surface area (Å²) in [5.41, 5.74) is 0.940. The lowest BCUT2D eigenvalue weighted by Crippen LogP contribution is -2.23. The number of phenols is 1. The molecule has 0 aliphatic carbocycles. The number of halogens is 3. The largest absolute Gasteiger partial charge is 0.505 e. The maximum Gasteiger partial charge on any atom is 0.263 e. The minimum Gasteiger partial charge on any atom is -0.505 e. The number of pyridine rings is 1. The number of anilines is 1. The van der Waals surface area contributed by atoms with Crippen molar-refractivity contribution in [3.8, 4) is 5.75 Å². The number of benzene rings is 2. The third-order valence-electron chi connectivity index (χ3n) is 4.54. The van der Waals surface area contributed by atoms with E-state index in [1.807, 2.05) is 0 Å². The lowest BCUT2D eigenvalue weighted by molar-refractivity contribution is 0.102. The Bertz CT molecular complexity index is 1370. The summed E-state index contributed by atoms with van der Waals surface area (Å²) in [7, 11) is 0. The minimum atomic E-state index is -0.557. The lowest BCUT2D eigenvalue weighted by Gasteiger charge is -2.12. The van der Waals surface area contributed by atoms with E-state index in [-0.39, 0.29) is 44.5 Å². The number of nitrogens with zero attached hydrogens (tertiary/aromatic N) is 3. The Labute approximate surface area is 190 Å². The fraction of sp³-hybridized carbons (Fsp3) is 0.0476. The Balaban J connectivity index is 1.74. The highest BCUT2D eigenvalue weighted by Crippen LogP contribution is 2.33. The molecule has 156 valence electrons. The van der Waals surface area contributed by atoms with Gasteiger partial charge >= 0.3 is 0 Å². The van der Waals surface area contributed by atoms with E-state index in [1.165, 1.54) is 23.0 Å². The maximum atomic E-state index is 13.2. The summed E-state index contributed by atoms with van der Waals surface area (Å²) in [5.74, 6) is -0.871. The van der Waals surface area contributed by atoms with Crippen molar-refractivity contribution >= 4 is 57.3 Å². The summed E-state index contributed by atoms with van der Waals surface area (Å²) in [6.07, 6.45) is 2.99. The first kappa shape index (κ1) is 21.1. The van der Waals surface area contributed by atoms with Gasteiger partial charge in [-0.1, -0.05) is 40.9 Å². The van der Waals surface area contributed by atoms with Gasteiger partial charge in [-0.3, -0.25) is 19.1 Å². The van der Waals surface area contributed by atoms with Crippen LogP contribution < -0.4 is 10.9 Å². The SMILES string of the molecule is O=C(Nc1cccc2ncn(Cc3ncccc3Cl)c(=O)c12)c1cc(Cl)c(O)c(Cl)c1. The van der Waals surface area contributed by atoms with Crippen LogP contribution in [0.1, 0.15) is 16.1 Å². The molecule has 7 nitrogen and oxygen atoms in total. The van der Waals surface area contributed by atoms with E-state index in [2.05, 4.69) is 15.3 Å². The van der Waals surface area contributed by atoms with Gasteiger partial charge in [0.25, 0.3) is 11.5 Å². The molecule has 2 aromatic heterocycles. The molecule has 0 saturated carbocycles. The summed E-state index contributed by atoms with van der Waals surface area (Å²) >= 11 is 18.0. The number of hydrogen-bond donors (Lipinski definition) is 2. The summed E-state index contributed by atoms with van der Waals surface area (Å²) in [5, 5.41) is 12.9. The monoisotopic (exact) mass is 474 g/mol. The quantitative estimate of drug-likeness (QED) is 0.444. The Hall–Kier alpha value is -3.13. The standard InChI is InChI=1S/C21H13Cl3N4O3/c22-12-3-2-6-25-17(12)9-28-10-26-15-4-1-5-16(18(15)21(28)31)27-20(30)11-7-13(23)19(29)14(24)8-11/h1-8,10,29H,9H2,(H,27,30). The van der Waals surface area contributed by atoms with Crippen LogP contribution in [0.5, 0.6) is 5.75 Å². The van der Waals surface area contributed by atoms with Gasteiger partial charge in [0.2, 0.25) is 0 Å². The molecule has 4 aromatic rings. The second-order valence-corrected chi connectivity index (χ2v) is 7.77. The van der Waals surface area contributed by atoms with Crippen LogP contribution in [0, 0.1) is 0 Å². The van der Waals surface area contributed by atoms with Gasteiger partial charge in [-0.15, -0.1) is 0 Å². The molecule has 0 aliphatic heterocycles. The summed E-state index contributed by atoms with van der Waals surface area (Å²) in [6.45, 7) is 0.118. The molecule has 2 heterocycles. The lowest BCUT2D eigenvalue weighted by atomic mass is 10.1. The highest BCUT2D eigenvalue weighted by molar-refractivity contribution is 6.37. The van der Waals surface area contributed by atoms with Crippen molar-refractivity contribution in [2.45, 2.75) is 6.54 Å². The van der Waals surface area contributed by atoms with Crippen LogP contribution in [0.15, 0.2) is 59.8 Å². The van der Waals surface area contributed by atoms with Gasteiger partial charge < -0.3 is 10.4 Å². The first-order valence-electron chi connectivity index (χ1n) is 8.92. The van der Waals surface area contributed by atoms with E-state index in [9.17, 15) is 14.7 Å². The van der Waals surface area contributed by atoms with Gasteiger partial charge in [0, 0.05) is 11.8 Å². The second-order valence-electron chi connectivity index (χ2n) is 6.55. The molecule has 0 atom stereocenters. The first-order chi connectivity index (χ1) is 14.8. The fourth-order valence-corrected chi connectivity index (χ4v) is 3.67. The molecule has 0 aliphatic rings. The summed E-state index contributed by atoms with van der Waals surface area (Å²) < 4.78 is 1.36. The van der Waals surface area contributed by atoms with Gasteiger partial charge in [0.15, 0.2) is 5.75 Å². The Morgan fingerprint density at radius 3 is 2.48 bits per heavy atom. The van der Waals surface area contributed by atoms with Crippen molar-refractivity contribution in [2.75, 3.05) is 5.32 Å². The highest BCUT2D eigenvalue weighted by Gasteiger charge is 2.16. The van der Waals surface area contributed by atoms with Crippen LogP contribution in [-0.4, -0.2) is 25.5 Å². The van der Waals surface area contributed by atoms with Crippen LogP contribution >= 0.6 is 34.8 Å². The van der Waals surface area contributed by atoms with E-state index in [4.69, 9.17) is 34.8 Å². The van der Waals surface area contributed by atoms with E-state index in [1.54, 1.807) is 36.5 Å². The third-order valence-corrected chi connectivity index (χ3v) is 5.46. The number of nitrogens with one attached hydrogen (secondary N) is 1. The number of aromatic nitrogens is 3. The zero-order valence-electron chi connectivity index (χ0n) is 15.6. The third kappa shape index (κ3) is 4.20. The predicted molar refractivity (Wildman–Crippen MR) is 120 cm³/mol. The van der Waals surface area contributed by atoms with Crippen LogP contribution in [-0.2, 0) is 6.54 Å². The van der Waals surface area contributed by atoms with Crippen LogP contribution in [0.4, 0.5) is 5.69 Å². The average molecular weight is 476 g/mol. The van der Waals surface area contributed by atoms with E-state index in [0.29, 0.717) is 16.2 Å². The van der Waals surface area contributed by atoms with Crippen LogP contribution in [0.25, 0.3) is 10.9 Å². The fourth-order valence-electron chi connectivity index (χ4n) is 3.00. The summed E-state index contributed by atoms with van der Waals surface area (Å²) in [6, 6.07) is 10.9. The van der Waals surface area contributed by atoms with E-state index < -0.39 is 5.91 Å². The molecule has 0 radical (unpaired) electrons. The molecule has 0 unspecified atom stereocenters. The van der Waals surface area contributed by atoms with Gasteiger partial charge in [-0.2, -0.15) is 0 Å². The average Bonchev–Trinajstić information content (AvgIpc) is 2.75. The molecule has 0 bridgehead atoms.